The van der Waals surface area contributed by atoms with E-state index in [1.165, 1.54) is 6.07 Å². The molecule has 3 aromatic rings. The lowest BCUT2D eigenvalue weighted by Crippen LogP contribution is -2.42. The highest BCUT2D eigenvalue weighted by molar-refractivity contribution is 5.94. The minimum absolute atomic E-state index is 0.108. The zero-order chi connectivity index (χ0) is 23.9. The van der Waals surface area contributed by atoms with Crippen molar-refractivity contribution in [3.05, 3.63) is 53.9 Å². The summed E-state index contributed by atoms with van der Waals surface area (Å²) in [7, 11) is 1.83. The van der Waals surface area contributed by atoms with Crippen LogP contribution < -0.4 is 15.5 Å². The van der Waals surface area contributed by atoms with Gasteiger partial charge in [0.25, 0.3) is 0 Å². The first kappa shape index (κ1) is 22.7. The van der Waals surface area contributed by atoms with E-state index >= 15 is 0 Å². The molecule has 9 heteroatoms. The number of halogens is 3. The van der Waals surface area contributed by atoms with E-state index in [0.29, 0.717) is 23.6 Å². The van der Waals surface area contributed by atoms with Crippen LogP contribution in [0.3, 0.4) is 0 Å². The van der Waals surface area contributed by atoms with Gasteiger partial charge in [-0.3, -0.25) is 4.79 Å². The van der Waals surface area contributed by atoms with Gasteiger partial charge in [-0.25, -0.2) is 4.98 Å². The number of alkyl halides is 3. The third-order valence-corrected chi connectivity index (χ3v) is 6.77. The number of imidazole rings is 1. The first-order valence-electron chi connectivity index (χ1n) is 11.7. The van der Waals surface area contributed by atoms with Gasteiger partial charge in [-0.2, -0.15) is 13.2 Å². The predicted octanol–water partition coefficient (Wildman–Crippen LogP) is 4.70. The van der Waals surface area contributed by atoms with E-state index in [4.69, 9.17) is 0 Å². The van der Waals surface area contributed by atoms with Crippen LogP contribution in [0.5, 0.6) is 0 Å². The summed E-state index contributed by atoms with van der Waals surface area (Å²) in [6.07, 6.45) is -0.522. The summed E-state index contributed by atoms with van der Waals surface area (Å²) in [5.74, 6) is 1.00. The average molecular weight is 472 g/mol. The van der Waals surface area contributed by atoms with E-state index in [2.05, 4.69) is 26.6 Å². The van der Waals surface area contributed by atoms with Gasteiger partial charge in [0.15, 0.2) is 0 Å². The van der Waals surface area contributed by atoms with Crippen molar-refractivity contribution < 1.29 is 18.0 Å². The van der Waals surface area contributed by atoms with E-state index in [0.717, 1.165) is 68.1 Å². The maximum atomic E-state index is 13.0. The van der Waals surface area contributed by atoms with E-state index in [1.54, 1.807) is 0 Å². The molecule has 5 rings (SSSR count). The molecule has 6 nitrogen and oxygen atoms in total. The normalized spacial score (nSPS) is 17.4. The first-order valence-corrected chi connectivity index (χ1v) is 11.7. The van der Waals surface area contributed by atoms with Crippen LogP contribution in [0.15, 0.2) is 42.5 Å². The number of carbonyl (C=O) groups is 1. The van der Waals surface area contributed by atoms with Crippen LogP contribution in [0.2, 0.25) is 0 Å². The van der Waals surface area contributed by atoms with Crippen molar-refractivity contribution in [3.63, 3.8) is 0 Å². The van der Waals surface area contributed by atoms with Gasteiger partial charge >= 0.3 is 6.18 Å². The number of hydrogen-bond acceptors (Lipinski definition) is 4. The van der Waals surface area contributed by atoms with Crippen LogP contribution in [0.1, 0.15) is 37.1 Å². The summed E-state index contributed by atoms with van der Waals surface area (Å²) in [5.41, 5.74) is 2.31. The molecule has 1 aliphatic heterocycles. The zero-order valence-electron chi connectivity index (χ0n) is 19.0. The highest BCUT2D eigenvalue weighted by atomic mass is 19.4. The summed E-state index contributed by atoms with van der Waals surface area (Å²) >= 11 is 0. The number of nitrogens with one attached hydrogen (secondary N) is 2. The number of aryl methyl sites for hydroxylation is 1. The van der Waals surface area contributed by atoms with Crippen molar-refractivity contribution in [2.24, 2.45) is 13.0 Å². The lowest BCUT2D eigenvalue weighted by atomic mass is 10.0. The second-order valence-electron chi connectivity index (χ2n) is 9.24. The molecule has 2 N–H and O–H groups in total. The van der Waals surface area contributed by atoms with Crippen molar-refractivity contribution >= 4 is 28.3 Å². The molecule has 1 aromatic heterocycles. The lowest BCUT2D eigenvalue weighted by molar-refractivity contribution is -0.137. The van der Waals surface area contributed by atoms with E-state index < -0.39 is 11.7 Å². The van der Waals surface area contributed by atoms with Crippen LogP contribution >= 0.6 is 0 Å². The smallest absolute Gasteiger partial charge is 0.371 e. The molecule has 1 saturated heterocycles. The van der Waals surface area contributed by atoms with Gasteiger partial charge in [0, 0.05) is 43.5 Å². The SMILES string of the molecule is Cn1c(CNC2CCN(c3cccc(NC(=O)C4CC4)c3)CC2)nc2cc(C(F)(F)F)ccc21. The molecular weight excluding hydrogens is 443 g/mol. The number of amides is 1. The summed E-state index contributed by atoms with van der Waals surface area (Å²) in [5, 5.41) is 6.53. The molecule has 0 bridgehead atoms. The number of rotatable bonds is 6. The van der Waals surface area contributed by atoms with E-state index in [9.17, 15) is 18.0 Å². The van der Waals surface area contributed by atoms with Crippen LogP contribution in [0.4, 0.5) is 24.5 Å². The lowest BCUT2D eigenvalue weighted by Gasteiger charge is -2.34. The molecule has 2 aliphatic rings. The maximum Gasteiger partial charge on any atom is 0.416 e. The maximum absolute atomic E-state index is 13.0. The Balaban J connectivity index is 1.17. The molecule has 1 aliphatic carbocycles. The number of piperidine rings is 1. The standard InChI is InChI=1S/C25H28F3N5O/c1-32-22-8-7-17(25(26,27)28)13-21(22)31-23(32)15-29-18-9-11-33(12-10-18)20-4-2-3-19(14-20)30-24(34)16-5-6-16/h2-4,7-8,13-14,16,18,29H,5-6,9-12,15H2,1H3,(H,30,34). The molecule has 180 valence electrons. The molecule has 2 heterocycles. The second-order valence-corrected chi connectivity index (χ2v) is 9.24. The van der Waals surface area contributed by atoms with Gasteiger partial charge in [-0.15, -0.1) is 0 Å². The number of aromatic nitrogens is 2. The zero-order valence-corrected chi connectivity index (χ0v) is 19.0. The average Bonchev–Trinajstić information content (AvgIpc) is 3.62. The minimum Gasteiger partial charge on any atom is -0.371 e. The molecule has 2 aromatic carbocycles. The number of carbonyl (C=O) groups excluding carboxylic acids is 1. The third-order valence-electron chi connectivity index (χ3n) is 6.77. The quantitative estimate of drug-likeness (QED) is 0.547. The highest BCUT2D eigenvalue weighted by Gasteiger charge is 2.31. The highest BCUT2D eigenvalue weighted by Crippen LogP contribution is 2.32. The second kappa shape index (κ2) is 8.94. The summed E-state index contributed by atoms with van der Waals surface area (Å²) in [6.45, 7) is 2.27. The summed E-state index contributed by atoms with van der Waals surface area (Å²) < 4.78 is 40.9. The van der Waals surface area contributed by atoms with Crippen LogP contribution in [-0.4, -0.2) is 34.6 Å². The van der Waals surface area contributed by atoms with Gasteiger partial charge in [0.1, 0.15) is 5.82 Å². The molecule has 0 radical (unpaired) electrons. The Morgan fingerprint density at radius 2 is 1.85 bits per heavy atom. The summed E-state index contributed by atoms with van der Waals surface area (Å²) in [6, 6.07) is 12.0. The fourth-order valence-electron chi connectivity index (χ4n) is 4.53. The molecule has 1 amide bonds. The molecule has 2 fully saturated rings. The summed E-state index contributed by atoms with van der Waals surface area (Å²) in [4.78, 5) is 18.8. The third kappa shape index (κ3) is 4.89. The Kier molecular flexibility index (Phi) is 5.97. The molecule has 0 unspecified atom stereocenters. The van der Waals surface area contributed by atoms with Crippen molar-refractivity contribution in [1.82, 2.24) is 14.9 Å². The molecular formula is C25H28F3N5O. The number of hydrogen-bond donors (Lipinski definition) is 2. The Morgan fingerprint density at radius 1 is 1.09 bits per heavy atom. The first-order chi connectivity index (χ1) is 16.3. The van der Waals surface area contributed by atoms with Gasteiger partial charge in [-0.05, 0) is 62.1 Å². The Morgan fingerprint density at radius 3 is 2.56 bits per heavy atom. The number of anilines is 2. The van der Waals surface area contributed by atoms with Gasteiger partial charge in [-0.1, -0.05) is 6.07 Å². The number of nitrogens with zero attached hydrogens (tertiary/aromatic N) is 3. The Bertz CT molecular complexity index is 1190. The number of fused-ring (bicyclic) bond motifs is 1. The van der Waals surface area contributed by atoms with Crippen molar-refractivity contribution in [1.29, 1.82) is 0 Å². The molecule has 34 heavy (non-hydrogen) atoms. The molecule has 0 spiro atoms. The fraction of sp³-hybridized carbons (Fsp3) is 0.440. The topological polar surface area (TPSA) is 62.2 Å². The molecule has 0 atom stereocenters. The van der Waals surface area contributed by atoms with Crippen LogP contribution in [-0.2, 0) is 24.6 Å². The van der Waals surface area contributed by atoms with E-state index in [-0.39, 0.29) is 11.8 Å². The van der Waals surface area contributed by atoms with Crippen molar-refractivity contribution in [2.75, 3.05) is 23.3 Å². The van der Waals surface area contributed by atoms with Gasteiger partial charge < -0.3 is 20.1 Å². The van der Waals surface area contributed by atoms with Crippen molar-refractivity contribution in [2.45, 2.75) is 44.4 Å². The predicted molar refractivity (Wildman–Crippen MR) is 126 cm³/mol. The van der Waals surface area contributed by atoms with Crippen LogP contribution in [0.25, 0.3) is 11.0 Å². The monoisotopic (exact) mass is 471 g/mol. The van der Waals surface area contributed by atoms with E-state index in [1.807, 2.05) is 29.8 Å². The Labute approximate surface area is 196 Å². The van der Waals surface area contributed by atoms with Crippen molar-refractivity contribution in [3.8, 4) is 0 Å². The van der Waals surface area contributed by atoms with Gasteiger partial charge in [0.2, 0.25) is 5.91 Å². The Hall–Kier alpha value is -3.07. The minimum atomic E-state index is -4.37. The fourth-order valence-corrected chi connectivity index (χ4v) is 4.53. The largest absolute Gasteiger partial charge is 0.416 e. The molecule has 1 saturated carbocycles. The number of benzene rings is 2. The van der Waals surface area contributed by atoms with Gasteiger partial charge in [0.05, 0.1) is 23.1 Å². The van der Waals surface area contributed by atoms with Crippen LogP contribution in [0, 0.1) is 5.92 Å².